The van der Waals surface area contributed by atoms with Gasteiger partial charge in [-0.1, -0.05) is 30.3 Å². The molecule has 3 aromatic rings. The fourth-order valence-corrected chi connectivity index (χ4v) is 2.47. The summed E-state index contributed by atoms with van der Waals surface area (Å²) in [5, 5.41) is 18.0. The third kappa shape index (κ3) is 5.06. The van der Waals surface area contributed by atoms with Crippen LogP contribution in [-0.4, -0.2) is 16.3 Å². The number of hydrogen-bond acceptors (Lipinski definition) is 5. The topological polar surface area (TPSA) is 90.2 Å². The van der Waals surface area contributed by atoms with Crippen molar-refractivity contribution in [3.8, 4) is 0 Å². The molecule has 7 nitrogen and oxygen atoms in total. The Kier molecular flexibility index (Phi) is 5.57. The summed E-state index contributed by atoms with van der Waals surface area (Å²) in [5.74, 6) is -0.0719. The molecule has 1 unspecified atom stereocenters. The van der Waals surface area contributed by atoms with E-state index in [1.54, 1.807) is 0 Å². The van der Waals surface area contributed by atoms with Crippen LogP contribution in [0.15, 0.2) is 64.5 Å². The molecule has 0 saturated carbocycles. The maximum Gasteiger partial charge on any atom is 0.417 e. The molecule has 2 aromatic heterocycles. The zero-order valence-electron chi connectivity index (χ0n) is 14.7. The number of nitrogens with one attached hydrogen (secondary N) is 1. The van der Waals surface area contributed by atoms with Gasteiger partial charge in [0, 0.05) is 19.5 Å². The highest BCUT2D eigenvalue weighted by Gasteiger charge is 2.31. The van der Waals surface area contributed by atoms with E-state index in [1.807, 2.05) is 37.3 Å². The quantitative estimate of drug-likeness (QED) is 0.410. The van der Waals surface area contributed by atoms with Crippen molar-refractivity contribution in [3.05, 3.63) is 66.1 Å². The molecule has 0 aliphatic heterocycles. The van der Waals surface area contributed by atoms with Gasteiger partial charge in [0.05, 0.1) is 23.5 Å². The number of rotatable bonds is 5. The number of amidine groups is 1. The Morgan fingerprint density at radius 3 is 2.75 bits per heavy atom. The van der Waals surface area contributed by atoms with Crippen LogP contribution < -0.4 is 15.1 Å². The van der Waals surface area contributed by atoms with Crippen molar-refractivity contribution in [2.75, 3.05) is 5.32 Å². The van der Waals surface area contributed by atoms with Gasteiger partial charge in [-0.2, -0.15) is 13.2 Å². The summed E-state index contributed by atoms with van der Waals surface area (Å²) in [6.07, 6.45) is -0.668. The number of halogens is 3. The van der Waals surface area contributed by atoms with E-state index in [4.69, 9.17) is 4.52 Å². The largest absolute Gasteiger partial charge is 0.846 e. The number of benzene rings is 1. The normalized spacial score (nSPS) is 13.4. The van der Waals surface area contributed by atoms with Crippen molar-refractivity contribution >= 4 is 17.6 Å². The number of aromatic nitrogens is 3. The summed E-state index contributed by atoms with van der Waals surface area (Å²) in [4.78, 5) is 7.11. The molecule has 0 fully saturated rings. The van der Waals surface area contributed by atoms with Crippen LogP contribution in [0, 0.1) is 0 Å². The van der Waals surface area contributed by atoms with E-state index in [1.165, 1.54) is 10.9 Å². The smallest absolute Gasteiger partial charge is 0.417 e. The van der Waals surface area contributed by atoms with Crippen LogP contribution in [0.3, 0.4) is 0 Å². The molecule has 2 heterocycles. The Morgan fingerprint density at radius 2 is 2.04 bits per heavy atom. The second-order valence-corrected chi connectivity index (χ2v) is 6.06. The molecule has 0 amide bonds. The molecule has 1 aromatic carbocycles. The second-order valence-electron chi connectivity index (χ2n) is 6.06. The third-order valence-electron chi connectivity index (χ3n) is 3.83. The predicted octanol–water partition coefficient (Wildman–Crippen LogP) is 2.64. The molecule has 1 N–H and O–H groups in total. The van der Waals surface area contributed by atoms with E-state index in [2.05, 4.69) is 20.6 Å². The average Bonchev–Trinajstić information content (AvgIpc) is 3.10. The van der Waals surface area contributed by atoms with E-state index in [0.717, 1.165) is 17.8 Å². The molecule has 1 atom stereocenters. The first-order valence-corrected chi connectivity index (χ1v) is 8.28. The van der Waals surface area contributed by atoms with Gasteiger partial charge in [-0.25, -0.2) is 4.99 Å². The van der Waals surface area contributed by atoms with E-state index in [0.29, 0.717) is 12.6 Å². The van der Waals surface area contributed by atoms with Crippen LogP contribution in [0.5, 0.6) is 0 Å². The fraction of sp³-hybridized carbons (Fsp3) is 0.222. The van der Waals surface area contributed by atoms with E-state index < -0.39 is 17.8 Å². The van der Waals surface area contributed by atoms with Crippen LogP contribution in [0.1, 0.15) is 24.1 Å². The van der Waals surface area contributed by atoms with Crippen LogP contribution in [-0.2, 0) is 12.6 Å². The van der Waals surface area contributed by atoms with Gasteiger partial charge in [0.1, 0.15) is 0 Å². The van der Waals surface area contributed by atoms with Crippen LogP contribution in [0.4, 0.5) is 24.7 Å². The Hall–Kier alpha value is -3.43. The lowest BCUT2D eigenvalue weighted by atomic mass is 10.1. The molecular formula is C18H16F3N5O2. The number of nitrogens with zero attached hydrogens (tertiary/aromatic N) is 4. The van der Waals surface area contributed by atoms with Gasteiger partial charge in [0.15, 0.2) is 6.04 Å². The van der Waals surface area contributed by atoms with E-state index in [-0.39, 0.29) is 17.6 Å². The SMILES string of the molecule is CC(Cc1ccccc1)[n+]1cc(/N=C(\[O-])Nc2cncc(C(F)(F)F)c2)on1. The van der Waals surface area contributed by atoms with Gasteiger partial charge in [-0.3, -0.25) is 9.51 Å². The fourth-order valence-electron chi connectivity index (χ4n) is 2.47. The van der Waals surface area contributed by atoms with E-state index >= 15 is 0 Å². The molecule has 0 aliphatic rings. The summed E-state index contributed by atoms with van der Waals surface area (Å²) in [5.41, 5.74) is 0.00438. The highest BCUT2D eigenvalue weighted by Crippen LogP contribution is 2.29. The molecule has 0 saturated heterocycles. The van der Waals surface area contributed by atoms with Crippen LogP contribution in [0.2, 0.25) is 0 Å². The van der Waals surface area contributed by atoms with Crippen molar-refractivity contribution < 1.29 is 27.5 Å². The molecular weight excluding hydrogens is 375 g/mol. The van der Waals surface area contributed by atoms with Crippen LogP contribution >= 0.6 is 0 Å². The Morgan fingerprint density at radius 1 is 1.29 bits per heavy atom. The number of pyridine rings is 1. The molecule has 0 aliphatic carbocycles. The van der Waals surface area contributed by atoms with E-state index in [9.17, 15) is 18.3 Å². The Bertz CT molecular complexity index is 957. The van der Waals surface area contributed by atoms with Gasteiger partial charge >= 0.3 is 12.1 Å². The molecule has 0 radical (unpaired) electrons. The highest BCUT2D eigenvalue weighted by atomic mass is 19.4. The molecule has 3 rings (SSSR count). The van der Waals surface area contributed by atoms with Gasteiger partial charge in [-0.15, -0.1) is 0 Å². The summed E-state index contributed by atoms with van der Waals surface area (Å²) in [6.45, 7) is 1.92. The lowest BCUT2D eigenvalue weighted by molar-refractivity contribution is -0.782. The van der Waals surface area contributed by atoms with Crippen molar-refractivity contribution in [1.82, 2.24) is 10.3 Å². The standard InChI is InChI=1S/C18H16F3N5O2/c1-12(7-13-5-3-2-4-6-13)26-11-16(28-25-26)24-17(27)23-15-8-14(9-22-10-15)18(19,20)21/h2-6,8-12H,7H2,1H3,(H-,23,24,25,27). The minimum absolute atomic E-state index is 0.0502. The number of hydrogen-bond donors (Lipinski definition) is 1. The number of anilines is 1. The third-order valence-corrected chi connectivity index (χ3v) is 3.83. The van der Waals surface area contributed by atoms with Gasteiger partial charge in [0.2, 0.25) is 5.27 Å². The highest BCUT2D eigenvalue weighted by molar-refractivity contribution is 5.86. The zero-order valence-corrected chi connectivity index (χ0v) is 14.7. The zero-order chi connectivity index (χ0) is 20.1. The lowest BCUT2D eigenvalue weighted by Gasteiger charge is -2.13. The molecule has 10 heteroatoms. The second kappa shape index (κ2) is 8.07. The molecule has 0 spiro atoms. The van der Waals surface area contributed by atoms with Gasteiger partial charge in [-0.05, 0) is 16.3 Å². The first-order valence-electron chi connectivity index (χ1n) is 8.28. The monoisotopic (exact) mass is 391 g/mol. The molecule has 28 heavy (non-hydrogen) atoms. The maximum absolute atomic E-state index is 12.7. The van der Waals surface area contributed by atoms with Crippen molar-refractivity contribution in [2.24, 2.45) is 4.99 Å². The first-order chi connectivity index (χ1) is 13.3. The summed E-state index contributed by atoms with van der Waals surface area (Å²) >= 11 is 0. The van der Waals surface area contributed by atoms with Crippen molar-refractivity contribution in [2.45, 2.75) is 25.6 Å². The summed E-state index contributed by atoms with van der Waals surface area (Å²) < 4.78 is 44.6. The summed E-state index contributed by atoms with van der Waals surface area (Å²) in [6, 6.07) is 9.58. The Labute approximate surface area is 158 Å². The van der Waals surface area contributed by atoms with Crippen molar-refractivity contribution in [3.63, 3.8) is 0 Å². The molecule has 146 valence electrons. The van der Waals surface area contributed by atoms with Gasteiger partial charge < -0.3 is 10.4 Å². The molecule has 0 bridgehead atoms. The summed E-state index contributed by atoms with van der Waals surface area (Å²) in [7, 11) is 0. The van der Waals surface area contributed by atoms with Gasteiger partial charge in [0.25, 0.3) is 6.20 Å². The lowest BCUT2D eigenvalue weighted by Crippen LogP contribution is -2.39. The van der Waals surface area contributed by atoms with Crippen LogP contribution in [0.25, 0.3) is 0 Å². The average molecular weight is 391 g/mol. The maximum atomic E-state index is 12.7. The predicted molar refractivity (Wildman–Crippen MR) is 91.5 cm³/mol. The first kappa shape index (κ1) is 19.3. The Balaban J connectivity index is 1.67. The number of alkyl halides is 3. The number of aliphatic imine (C=N–C) groups is 1. The minimum Gasteiger partial charge on any atom is -0.846 e. The van der Waals surface area contributed by atoms with Crippen molar-refractivity contribution in [1.29, 1.82) is 0 Å². The minimum atomic E-state index is -4.56.